The summed E-state index contributed by atoms with van der Waals surface area (Å²) >= 11 is 0. The fourth-order valence-electron chi connectivity index (χ4n) is 4.16. The van der Waals surface area contributed by atoms with Crippen LogP contribution in [0.3, 0.4) is 0 Å². The number of aryl methyl sites for hydroxylation is 1. The Morgan fingerprint density at radius 3 is 2.23 bits per heavy atom. The topological polar surface area (TPSA) is 70.4 Å². The minimum Gasteiger partial charge on any atom is -0.354 e. The van der Waals surface area contributed by atoms with Crippen molar-refractivity contribution in [2.45, 2.75) is 83.0 Å². The average Bonchev–Trinajstić information content (AvgIpc) is 3.18. The Morgan fingerprint density at radius 2 is 1.65 bits per heavy atom. The van der Waals surface area contributed by atoms with Gasteiger partial charge in [0.05, 0.1) is 0 Å². The molecule has 2 aliphatic carbocycles. The Kier molecular flexibility index (Phi) is 5.43. The first-order chi connectivity index (χ1) is 12.7. The summed E-state index contributed by atoms with van der Waals surface area (Å²) in [6.45, 7) is 4.99. The van der Waals surface area contributed by atoms with E-state index in [9.17, 15) is 0 Å². The number of rotatable bonds is 5. The first-order valence-corrected chi connectivity index (χ1v) is 10.4. The largest absolute Gasteiger partial charge is 0.354 e. The predicted molar refractivity (Wildman–Crippen MR) is 103 cm³/mol. The van der Waals surface area contributed by atoms with Crippen molar-refractivity contribution in [3.63, 3.8) is 0 Å². The Balaban J connectivity index is 1.32. The van der Waals surface area contributed by atoms with Crippen molar-refractivity contribution >= 4 is 5.96 Å². The number of piperidine rings is 1. The molecule has 7 nitrogen and oxygen atoms in total. The Morgan fingerprint density at radius 1 is 1.00 bits per heavy atom. The fourth-order valence-corrected chi connectivity index (χ4v) is 4.16. The van der Waals surface area contributed by atoms with Crippen LogP contribution in [-0.2, 0) is 13.6 Å². The van der Waals surface area contributed by atoms with Crippen LogP contribution in [0.25, 0.3) is 0 Å². The number of aliphatic imine (C=N–C) groups is 1. The molecule has 1 aliphatic heterocycles. The van der Waals surface area contributed by atoms with Gasteiger partial charge in [0.2, 0.25) is 0 Å². The van der Waals surface area contributed by atoms with Crippen molar-refractivity contribution in [1.82, 2.24) is 30.3 Å². The zero-order chi connectivity index (χ0) is 17.9. The SMILES string of the molecule is Cc1nnc(CN=C(NC2CC2)NC2CCN(C3CCCC3)CC2)n1C. The van der Waals surface area contributed by atoms with Gasteiger partial charge in [-0.1, -0.05) is 12.8 Å². The van der Waals surface area contributed by atoms with Crippen molar-refractivity contribution in [2.75, 3.05) is 13.1 Å². The number of hydrogen-bond donors (Lipinski definition) is 2. The van der Waals surface area contributed by atoms with E-state index in [1.807, 2.05) is 18.5 Å². The van der Waals surface area contributed by atoms with E-state index >= 15 is 0 Å². The molecule has 0 bridgehead atoms. The highest BCUT2D eigenvalue weighted by atomic mass is 15.3. The highest BCUT2D eigenvalue weighted by Crippen LogP contribution is 2.26. The minimum absolute atomic E-state index is 0.527. The minimum atomic E-state index is 0.527. The number of likely N-dealkylation sites (tertiary alicyclic amines) is 1. The van der Waals surface area contributed by atoms with Crippen LogP contribution in [0.15, 0.2) is 4.99 Å². The van der Waals surface area contributed by atoms with E-state index in [0.29, 0.717) is 18.6 Å². The van der Waals surface area contributed by atoms with E-state index in [1.165, 1.54) is 64.5 Å². The summed E-state index contributed by atoms with van der Waals surface area (Å²) in [7, 11) is 2.00. The number of hydrogen-bond acceptors (Lipinski definition) is 4. The van der Waals surface area contributed by atoms with Crippen LogP contribution in [-0.4, -0.2) is 56.8 Å². The van der Waals surface area contributed by atoms with Gasteiger partial charge in [0.15, 0.2) is 11.8 Å². The third-order valence-corrected chi connectivity index (χ3v) is 6.19. The zero-order valence-electron chi connectivity index (χ0n) is 16.2. The predicted octanol–water partition coefficient (Wildman–Crippen LogP) is 1.73. The number of guanidine groups is 1. The van der Waals surface area contributed by atoms with E-state index in [4.69, 9.17) is 4.99 Å². The van der Waals surface area contributed by atoms with Gasteiger partial charge in [-0.3, -0.25) is 0 Å². The molecular weight excluding hydrogens is 326 g/mol. The van der Waals surface area contributed by atoms with Crippen LogP contribution >= 0.6 is 0 Å². The van der Waals surface area contributed by atoms with Gasteiger partial charge >= 0.3 is 0 Å². The van der Waals surface area contributed by atoms with Crippen LogP contribution < -0.4 is 10.6 Å². The monoisotopic (exact) mass is 359 g/mol. The first kappa shape index (κ1) is 17.8. The molecule has 7 heteroatoms. The van der Waals surface area contributed by atoms with Gasteiger partial charge in [0, 0.05) is 38.3 Å². The molecule has 26 heavy (non-hydrogen) atoms. The molecule has 2 saturated carbocycles. The Hall–Kier alpha value is -1.63. The highest BCUT2D eigenvalue weighted by Gasteiger charge is 2.28. The molecule has 2 N–H and O–H groups in total. The van der Waals surface area contributed by atoms with Crippen molar-refractivity contribution < 1.29 is 0 Å². The van der Waals surface area contributed by atoms with Crippen LogP contribution in [0.2, 0.25) is 0 Å². The Labute approximate surface area is 156 Å². The summed E-state index contributed by atoms with van der Waals surface area (Å²) in [5.74, 6) is 2.79. The molecule has 3 aliphatic rings. The van der Waals surface area contributed by atoms with E-state index in [-0.39, 0.29) is 0 Å². The maximum atomic E-state index is 4.80. The molecule has 0 amide bonds. The highest BCUT2D eigenvalue weighted by molar-refractivity contribution is 5.80. The standard InChI is InChI=1S/C19H33N7/c1-14-23-24-18(25(14)2)13-20-19(21-15-7-8-15)22-16-9-11-26(12-10-16)17-5-3-4-6-17/h15-17H,3-13H2,1-2H3,(H2,20,21,22). The van der Waals surface area contributed by atoms with Crippen molar-refractivity contribution in [3.8, 4) is 0 Å². The number of aromatic nitrogens is 3. The molecule has 0 spiro atoms. The van der Waals surface area contributed by atoms with Crippen LogP contribution in [0.5, 0.6) is 0 Å². The average molecular weight is 360 g/mol. The van der Waals surface area contributed by atoms with Gasteiger partial charge in [-0.05, 0) is 45.4 Å². The molecule has 144 valence electrons. The van der Waals surface area contributed by atoms with E-state index in [0.717, 1.165) is 23.7 Å². The molecule has 1 aromatic rings. The van der Waals surface area contributed by atoms with Crippen molar-refractivity contribution in [1.29, 1.82) is 0 Å². The molecular formula is C19H33N7. The lowest BCUT2D eigenvalue weighted by Crippen LogP contribution is -2.50. The molecule has 1 saturated heterocycles. The lowest BCUT2D eigenvalue weighted by atomic mass is 10.0. The summed E-state index contributed by atoms with van der Waals surface area (Å²) in [4.78, 5) is 7.52. The van der Waals surface area contributed by atoms with Crippen LogP contribution in [0.1, 0.15) is 63.0 Å². The van der Waals surface area contributed by atoms with Crippen molar-refractivity contribution in [3.05, 3.63) is 11.6 Å². The normalized spacial score (nSPS) is 23.5. The van der Waals surface area contributed by atoms with Gasteiger partial charge in [0.1, 0.15) is 12.4 Å². The van der Waals surface area contributed by atoms with Gasteiger partial charge in [-0.2, -0.15) is 0 Å². The molecule has 1 aromatic heterocycles. The summed E-state index contributed by atoms with van der Waals surface area (Å²) in [6, 6.07) is 1.98. The van der Waals surface area contributed by atoms with Crippen LogP contribution in [0, 0.1) is 6.92 Å². The van der Waals surface area contributed by atoms with Gasteiger partial charge in [-0.15, -0.1) is 10.2 Å². The molecule has 0 radical (unpaired) electrons. The second-order valence-electron chi connectivity index (χ2n) is 8.20. The van der Waals surface area contributed by atoms with Crippen molar-refractivity contribution in [2.24, 2.45) is 12.0 Å². The summed E-state index contributed by atoms with van der Waals surface area (Å²) in [5.41, 5.74) is 0. The third-order valence-electron chi connectivity index (χ3n) is 6.19. The summed E-state index contributed by atoms with van der Waals surface area (Å²) < 4.78 is 2.01. The van der Waals surface area contributed by atoms with Crippen LogP contribution in [0.4, 0.5) is 0 Å². The third kappa shape index (κ3) is 4.37. The van der Waals surface area contributed by atoms with E-state index in [2.05, 4.69) is 25.7 Å². The molecule has 2 heterocycles. The molecule has 0 aromatic carbocycles. The van der Waals surface area contributed by atoms with E-state index < -0.39 is 0 Å². The summed E-state index contributed by atoms with van der Waals surface area (Å²) in [5, 5.41) is 15.6. The lowest BCUT2D eigenvalue weighted by Gasteiger charge is -2.36. The van der Waals surface area contributed by atoms with Gasteiger partial charge < -0.3 is 20.1 Å². The number of nitrogens with zero attached hydrogens (tertiary/aromatic N) is 5. The maximum Gasteiger partial charge on any atom is 0.192 e. The lowest BCUT2D eigenvalue weighted by molar-refractivity contribution is 0.150. The van der Waals surface area contributed by atoms with Gasteiger partial charge in [0.25, 0.3) is 0 Å². The zero-order valence-corrected chi connectivity index (χ0v) is 16.2. The quantitative estimate of drug-likeness (QED) is 0.619. The smallest absolute Gasteiger partial charge is 0.192 e. The van der Waals surface area contributed by atoms with E-state index in [1.54, 1.807) is 0 Å². The second kappa shape index (κ2) is 7.94. The molecule has 3 fully saturated rings. The first-order valence-electron chi connectivity index (χ1n) is 10.4. The molecule has 4 rings (SSSR count). The fraction of sp³-hybridized carbons (Fsp3) is 0.842. The molecule has 0 unspecified atom stereocenters. The second-order valence-corrected chi connectivity index (χ2v) is 8.20. The number of nitrogens with one attached hydrogen (secondary N) is 2. The Bertz CT molecular complexity index is 620. The summed E-state index contributed by atoms with van der Waals surface area (Å²) in [6.07, 6.45) is 10.6. The molecule has 0 atom stereocenters. The van der Waals surface area contributed by atoms with Gasteiger partial charge in [-0.25, -0.2) is 4.99 Å². The maximum absolute atomic E-state index is 4.80.